The van der Waals surface area contributed by atoms with Gasteiger partial charge in [0.2, 0.25) is 0 Å². The molecule has 25 heavy (non-hydrogen) atoms. The summed E-state index contributed by atoms with van der Waals surface area (Å²) in [4.78, 5) is 26.4. The number of ether oxygens (including phenoxy) is 2. The van der Waals surface area contributed by atoms with Crippen LogP contribution in [0.5, 0.6) is 5.75 Å². The maximum absolute atomic E-state index is 12.3. The first-order chi connectivity index (χ1) is 11.9. The summed E-state index contributed by atoms with van der Waals surface area (Å²) in [6.07, 6.45) is -0.944. The summed E-state index contributed by atoms with van der Waals surface area (Å²) in [5.74, 6) is -0.443. The van der Waals surface area contributed by atoms with Crippen molar-refractivity contribution in [1.82, 2.24) is 0 Å². The van der Waals surface area contributed by atoms with Crippen LogP contribution in [0.4, 0.5) is 11.4 Å². The molecule has 0 aliphatic rings. The van der Waals surface area contributed by atoms with E-state index in [4.69, 9.17) is 9.47 Å². The van der Waals surface area contributed by atoms with Gasteiger partial charge in [-0.2, -0.15) is 0 Å². The molecule has 2 aromatic carbocycles. The zero-order chi connectivity index (χ0) is 18.4. The number of nitrogens with one attached hydrogen (secondary N) is 1. The van der Waals surface area contributed by atoms with Gasteiger partial charge in [-0.3, -0.25) is 4.79 Å². The van der Waals surface area contributed by atoms with Gasteiger partial charge in [-0.25, -0.2) is 4.79 Å². The molecule has 0 spiro atoms. The second kappa shape index (κ2) is 8.19. The quantitative estimate of drug-likeness (QED) is 0.818. The van der Waals surface area contributed by atoms with Gasteiger partial charge in [0.25, 0.3) is 5.91 Å². The van der Waals surface area contributed by atoms with Crippen molar-refractivity contribution in [2.75, 3.05) is 31.4 Å². The van der Waals surface area contributed by atoms with Crippen LogP contribution in [0.15, 0.2) is 48.5 Å². The zero-order valence-corrected chi connectivity index (χ0v) is 14.8. The van der Waals surface area contributed by atoms with E-state index in [-0.39, 0.29) is 0 Å². The smallest absolute Gasteiger partial charge is 0.338 e. The van der Waals surface area contributed by atoms with E-state index in [2.05, 4.69) is 5.32 Å². The Kier molecular flexibility index (Phi) is 6.00. The van der Waals surface area contributed by atoms with Crippen LogP contribution in [0.2, 0.25) is 0 Å². The van der Waals surface area contributed by atoms with E-state index in [9.17, 15) is 9.59 Å². The number of amides is 1. The Hall–Kier alpha value is -3.02. The molecule has 1 N–H and O–H groups in total. The van der Waals surface area contributed by atoms with Gasteiger partial charge in [0, 0.05) is 19.8 Å². The highest BCUT2D eigenvalue weighted by atomic mass is 16.5. The average Bonchev–Trinajstić information content (AvgIpc) is 2.62. The highest BCUT2D eigenvalue weighted by Gasteiger charge is 2.20. The molecule has 0 aliphatic carbocycles. The number of carbonyl (C=O) groups excluding carboxylic acids is 2. The zero-order valence-electron chi connectivity index (χ0n) is 14.8. The van der Waals surface area contributed by atoms with Crippen molar-refractivity contribution >= 4 is 23.3 Å². The first-order valence-electron chi connectivity index (χ1n) is 7.84. The summed E-state index contributed by atoms with van der Waals surface area (Å²) in [5.41, 5.74) is 1.79. The van der Waals surface area contributed by atoms with E-state index in [1.54, 1.807) is 42.5 Å². The fourth-order valence-electron chi connectivity index (χ4n) is 2.18. The average molecular weight is 342 g/mol. The van der Waals surface area contributed by atoms with Crippen molar-refractivity contribution in [2.24, 2.45) is 0 Å². The molecule has 0 aromatic heterocycles. The Balaban J connectivity index is 2.03. The topological polar surface area (TPSA) is 67.9 Å². The Bertz CT molecular complexity index is 759. The molecule has 0 saturated carbocycles. The first kappa shape index (κ1) is 18.3. The summed E-state index contributed by atoms with van der Waals surface area (Å²) in [5, 5.41) is 2.70. The standard InChI is InChI=1S/C19H22N2O4/c1-13(18(22)20-16-10-5-6-11-17(16)24-4)25-19(23)14-8-7-9-15(12-14)21(2)3/h5-13H,1-4H3,(H,20,22)/t13-/m1/s1. The molecule has 0 radical (unpaired) electrons. The lowest BCUT2D eigenvalue weighted by Gasteiger charge is -2.16. The monoisotopic (exact) mass is 342 g/mol. The SMILES string of the molecule is COc1ccccc1NC(=O)[C@@H](C)OC(=O)c1cccc(N(C)C)c1. The number of esters is 1. The fraction of sp³-hybridized carbons (Fsp3) is 0.263. The van der Waals surface area contributed by atoms with Crippen LogP contribution in [0.3, 0.4) is 0 Å². The lowest BCUT2D eigenvalue weighted by atomic mass is 10.2. The minimum atomic E-state index is -0.944. The third-order valence-corrected chi connectivity index (χ3v) is 3.62. The van der Waals surface area contributed by atoms with E-state index < -0.39 is 18.0 Å². The highest BCUT2D eigenvalue weighted by Crippen LogP contribution is 2.23. The summed E-state index contributed by atoms with van der Waals surface area (Å²) >= 11 is 0. The lowest BCUT2D eigenvalue weighted by molar-refractivity contribution is -0.123. The molecular weight excluding hydrogens is 320 g/mol. The van der Waals surface area contributed by atoms with Gasteiger partial charge in [-0.1, -0.05) is 18.2 Å². The Labute approximate surface area is 147 Å². The molecular formula is C19H22N2O4. The van der Waals surface area contributed by atoms with Crippen LogP contribution in [-0.2, 0) is 9.53 Å². The van der Waals surface area contributed by atoms with E-state index in [0.717, 1.165) is 5.69 Å². The Morgan fingerprint density at radius 1 is 1.08 bits per heavy atom. The normalized spacial score (nSPS) is 11.4. The van der Waals surface area contributed by atoms with Gasteiger partial charge in [0.1, 0.15) is 5.75 Å². The number of hydrogen-bond acceptors (Lipinski definition) is 5. The minimum absolute atomic E-state index is 0.392. The Morgan fingerprint density at radius 2 is 1.80 bits per heavy atom. The van der Waals surface area contributed by atoms with Crippen LogP contribution >= 0.6 is 0 Å². The van der Waals surface area contributed by atoms with Crippen LogP contribution < -0.4 is 15.0 Å². The number of benzene rings is 2. The number of anilines is 2. The van der Waals surface area contributed by atoms with Crippen molar-refractivity contribution in [3.05, 3.63) is 54.1 Å². The van der Waals surface area contributed by atoms with E-state index in [1.807, 2.05) is 25.1 Å². The number of hydrogen-bond donors (Lipinski definition) is 1. The van der Waals surface area contributed by atoms with E-state index in [1.165, 1.54) is 14.0 Å². The minimum Gasteiger partial charge on any atom is -0.495 e. The third kappa shape index (κ3) is 4.73. The molecule has 1 amide bonds. The van der Waals surface area contributed by atoms with Crippen LogP contribution in [0, 0.1) is 0 Å². The number of methoxy groups -OCH3 is 1. The molecule has 0 unspecified atom stereocenters. The van der Waals surface area contributed by atoms with E-state index in [0.29, 0.717) is 17.0 Å². The predicted molar refractivity (Wildman–Crippen MR) is 97.3 cm³/mol. The maximum Gasteiger partial charge on any atom is 0.338 e. The van der Waals surface area contributed by atoms with Gasteiger partial charge in [-0.15, -0.1) is 0 Å². The molecule has 6 nitrogen and oxygen atoms in total. The van der Waals surface area contributed by atoms with E-state index >= 15 is 0 Å². The summed E-state index contributed by atoms with van der Waals surface area (Å²) < 4.78 is 10.5. The van der Waals surface area contributed by atoms with Crippen molar-refractivity contribution in [2.45, 2.75) is 13.0 Å². The van der Waals surface area contributed by atoms with Crippen LogP contribution in [0.1, 0.15) is 17.3 Å². The molecule has 0 heterocycles. The molecule has 0 aliphatic heterocycles. The molecule has 2 aromatic rings. The van der Waals surface area contributed by atoms with Gasteiger partial charge in [0.05, 0.1) is 18.4 Å². The van der Waals surface area contributed by atoms with Crippen LogP contribution in [0.25, 0.3) is 0 Å². The molecule has 2 rings (SSSR count). The molecule has 132 valence electrons. The van der Waals surface area contributed by atoms with Gasteiger partial charge >= 0.3 is 5.97 Å². The van der Waals surface area contributed by atoms with Crippen molar-refractivity contribution in [1.29, 1.82) is 0 Å². The predicted octanol–water partition coefficient (Wildman–Crippen LogP) is 2.95. The maximum atomic E-state index is 12.3. The molecule has 1 atom stereocenters. The summed E-state index contributed by atoms with van der Waals surface area (Å²) in [6.45, 7) is 1.53. The molecule has 6 heteroatoms. The second-order valence-corrected chi connectivity index (χ2v) is 5.68. The largest absolute Gasteiger partial charge is 0.495 e. The van der Waals surface area contributed by atoms with Gasteiger partial charge in [0.15, 0.2) is 6.10 Å². The fourth-order valence-corrected chi connectivity index (χ4v) is 2.18. The van der Waals surface area contributed by atoms with Gasteiger partial charge < -0.3 is 19.7 Å². The third-order valence-electron chi connectivity index (χ3n) is 3.62. The molecule has 0 fully saturated rings. The number of nitrogens with zero attached hydrogens (tertiary/aromatic N) is 1. The number of para-hydroxylation sites is 2. The number of carbonyl (C=O) groups is 2. The lowest BCUT2D eigenvalue weighted by Crippen LogP contribution is -2.30. The first-order valence-corrected chi connectivity index (χ1v) is 7.84. The van der Waals surface area contributed by atoms with Crippen molar-refractivity contribution in [3.63, 3.8) is 0 Å². The van der Waals surface area contributed by atoms with Gasteiger partial charge in [-0.05, 0) is 37.3 Å². The molecule has 0 saturated heterocycles. The summed E-state index contributed by atoms with van der Waals surface area (Å²) in [6, 6.07) is 14.1. The number of rotatable bonds is 6. The second-order valence-electron chi connectivity index (χ2n) is 5.68. The highest BCUT2D eigenvalue weighted by molar-refractivity contribution is 5.98. The van der Waals surface area contributed by atoms with Crippen molar-refractivity contribution < 1.29 is 19.1 Å². The van der Waals surface area contributed by atoms with Crippen LogP contribution in [-0.4, -0.2) is 39.2 Å². The van der Waals surface area contributed by atoms with Crippen molar-refractivity contribution in [3.8, 4) is 5.75 Å². The summed E-state index contributed by atoms with van der Waals surface area (Å²) in [7, 11) is 5.29. The Morgan fingerprint density at radius 3 is 2.48 bits per heavy atom. The molecule has 0 bridgehead atoms.